The molecule has 1 N–H and O–H groups in total. The van der Waals surface area contributed by atoms with E-state index in [2.05, 4.69) is 41.1 Å². The minimum absolute atomic E-state index is 0.0304. The first-order chi connectivity index (χ1) is 10.9. The van der Waals surface area contributed by atoms with Crippen LogP contribution < -0.4 is 0 Å². The molecule has 0 unspecified atom stereocenters. The highest BCUT2D eigenvalue weighted by molar-refractivity contribution is 5.92. The van der Waals surface area contributed by atoms with Crippen molar-refractivity contribution in [2.75, 3.05) is 6.54 Å². The van der Waals surface area contributed by atoms with Crippen molar-refractivity contribution in [1.82, 2.24) is 29.9 Å². The van der Waals surface area contributed by atoms with Crippen molar-refractivity contribution >= 4 is 5.91 Å². The number of carbonyl (C=O) groups is 1. The van der Waals surface area contributed by atoms with E-state index in [1.165, 1.54) is 6.33 Å². The van der Waals surface area contributed by atoms with Crippen molar-refractivity contribution in [3.8, 4) is 0 Å². The van der Waals surface area contributed by atoms with Crippen LogP contribution in [0.5, 0.6) is 0 Å². The summed E-state index contributed by atoms with van der Waals surface area (Å²) < 4.78 is 1.91. The highest BCUT2D eigenvalue weighted by atomic mass is 16.2. The van der Waals surface area contributed by atoms with Crippen molar-refractivity contribution in [3.05, 3.63) is 29.6 Å². The van der Waals surface area contributed by atoms with E-state index in [1.54, 1.807) is 0 Å². The number of aromatic nitrogens is 5. The van der Waals surface area contributed by atoms with Crippen LogP contribution in [0.3, 0.4) is 0 Å². The summed E-state index contributed by atoms with van der Waals surface area (Å²) >= 11 is 0. The number of hydrogen-bond acceptors (Lipinski definition) is 4. The number of amides is 1. The van der Waals surface area contributed by atoms with Crippen LogP contribution in [0.4, 0.5) is 0 Å². The number of H-pyrrole nitrogens is 1. The first kappa shape index (κ1) is 15.7. The molecule has 3 rings (SSSR count). The van der Waals surface area contributed by atoms with Crippen molar-refractivity contribution in [2.45, 2.75) is 58.5 Å². The number of carbonyl (C=O) groups excluding carboxylic acids is 1. The molecule has 2 aromatic heterocycles. The molecule has 0 aromatic carbocycles. The number of nitrogens with zero attached hydrogens (tertiary/aromatic N) is 5. The van der Waals surface area contributed by atoms with Gasteiger partial charge in [0, 0.05) is 12.2 Å². The molecule has 7 heteroatoms. The van der Waals surface area contributed by atoms with Crippen molar-refractivity contribution in [3.63, 3.8) is 0 Å². The molecule has 124 valence electrons. The van der Waals surface area contributed by atoms with Gasteiger partial charge in [-0.05, 0) is 53.0 Å². The lowest BCUT2D eigenvalue weighted by atomic mass is 10.0. The molecule has 3 heterocycles. The fraction of sp³-hybridized carbons (Fsp3) is 0.625. The van der Waals surface area contributed by atoms with E-state index < -0.39 is 0 Å². The molecule has 1 aliphatic heterocycles. The zero-order valence-electron chi connectivity index (χ0n) is 14.2. The van der Waals surface area contributed by atoms with Crippen molar-refractivity contribution in [2.24, 2.45) is 0 Å². The van der Waals surface area contributed by atoms with E-state index in [9.17, 15) is 4.79 Å². The number of nitrogens with one attached hydrogen (secondary N) is 1. The predicted molar refractivity (Wildman–Crippen MR) is 86.0 cm³/mol. The van der Waals surface area contributed by atoms with E-state index in [4.69, 9.17) is 0 Å². The average molecular weight is 316 g/mol. The molecule has 1 fully saturated rings. The van der Waals surface area contributed by atoms with Gasteiger partial charge in [0.15, 0.2) is 5.69 Å². The lowest BCUT2D eigenvalue weighted by Gasteiger charge is -2.33. The first-order valence-electron chi connectivity index (χ1n) is 8.11. The fourth-order valence-electron chi connectivity index (χ4n) is 3.24. The van der Waals surface area contributed by atoms with Gasteiger partial charge in [0.2, 0.25) is 0 Å². The Balaban J connectivity index is 1.89. The predicted octanol–water partition coefficient (Wildman–Crippen LogP) is 2.43. The summed E-state index contributed by atoms with van der Waals surface area (Å²) in [5.74, 6) is 0.724. The van der Waals surface area contributed by atoms with Crippen LogP contribution in [0, 0.1) is 6.92 Å². The summed E-state index contributed by atoms with van der Waals surface area (Å²) in [6.07, 6.45) is 4.49. The molecule has 0 saturated carbocycles. The Labute approximate surface area is 136 Å². The van der Waals surface area contributed by atoms with E-state index in [0.29, 0.717) is 5.69 Å². The standard InChI is InChI=1S/C16H24N6O/c1-11-9-12(20-22(11)16(2,3)4)15(23)21-8-6-5-7-13(21)14-17-10-18-19-14/h9-10,13H,5-8H2,1-4H3,(H,17,18,19)/t13-/m1/s1. The molecule has 1 saturated heterocycles. The number of rotatable bonds is 2. The minimum Gasteiger partial charge on any atom is -0.327 e. The van der Waals surface area contributed by atoms with Gasteiger partial charge < -0.3 is 4.90 Å². The molecule has 0 bridgehead atoms. The van der Waals surface area contributed by atoms with Gasteiger partial charge in [-0.3, -0.25) is 14.6 Å². The van der Waals surface area contributed by atoms with Crippen LogP contribution in [-0.4, -0.2) is 42.3 Å². The smallest absolute Gasteiger partial charge is 0.274 e. The van der Waals surface area contributed by atoms with E-state index >= 15 is 0 Å². The third kappa shape index (κ3) is 3.00. The van der Waals surface area contributed by atoms with Crippen LogP contribution in [0.15, 0.2) is 12.4 Å². The molecule has 2 aromatic rings. The van der Waals surface area contributed by atoms with Gasteiger partial charge in [-0.1, -0.05) is 0 Å². The number of aryl methyl sites for hydroxylation is 1. The van der Waals surface area contributed by atoms with E-state index in [1.807, 2.05) is 22.6 Å². The normalized spacial score (nSPS) is 19.1. The molecule has 0 aliphatic carbocycles. The maximum atomic E-state index is 13.0. The van der Waals surface area contributed by atoms with Crippen molar-refractivity contribution < 1.29 is 4.79 Å². The maximum absolute atomic E-state index is 13.0. The summed E-state index contributed by atoms with van der Waals surface area (Å²) in [6.45, 7) is 8.96. The van der Waals surface area contributed by atoms with Crippen LogP contribution in [0.1, 0.15) is 68.1 Å². The number of likely N-dealkylation sites (tertiary alicyclic amines) is 1. The van der Waals surface area contributed by atoms with Gasteiger partial charge in [0.25, 0.3) is 5.91 Å². The maximum Gasteiger partial charge on any atom is 0.274 e. The largest absolute Gasteiger partial charge is 0.327 e. The summed E-state index contributed by atoms with van der Waals surface area (Å²) in [5.41, 5.74) is 1.35. The Morgan fingerprint density at radius 3 is 2.74 bits per heavy atom. The molecule has 7 nitrogen and oxygen atoms in total. The Morgan fingerprint density at radius 1 is 1.35 bits per heavy atom. The second-order valence-corrected chi connectivity index (χ2v) is 7.13. The second kappa shape index (κ2) is 5.79. The quantitative estimate of drug-likeness (QED) is 0.923. The summed E-state index contributed by atoms with van der Waals surface area (Å²) in [4.78, 5) is 19.1. The summed E-state index contributed by atoms with van der Waals surface area (Å²) in [6, 6.07) is 1.83. The average Bonchev–Trinajstić information content (AvgIpc) is 3.15. The molecule has 1 aliphatic rings. The fourth-order valence-corrected chi connectivity index (χ4v) is 3.24. The number of hydrogen-bond donors (Lipinski definition) is 1. The monoisotopic (exact) mass is 316 g/mol. The Hall–Kier alpha value is -2.18. The van der Waals surface area contributed by atoms with Crippen LogP contribution >= 0.6 is 0 Å². The van der Waals surface area contributed by atoms with Gasteiger partial charge in [-0.2, -0.15) is 10.2 Å². The Morgan fingerprint density at radius 2 is 2.13 bits per heavy atom. The first-order valence-corrected chi connectivity index (χ1v) is 8.11. The van der Waals surface area contributed by atoms with Gasteiger partial charge >= 0.3 is 0 Å². The summed E-state index contributed by atoms with van der Waals surface area (Å²) in [5, 5.41) is 11.4. The molecule has 0 spiro atoms. The number of piperidine rings is 1. The zero-order chi connectivity index (χ0) is 16.6. The molecular formula is C16H24N6O. The van der Waals surface area contributed by atoms with E-state index in [0.717, 1.165) is 37.3 Å². The molecule has 23 heavy (non-hydrogen) atoms. The number of aromatic amines is 1. The highest BCUT2D eigenvalue weighted by Crippen LogP contribution is 2.30. The van der Waals surface area contributed by atoms with Crippen LogP contribution in [-0.2, 0) is 5.54 Å². The lowest BCUT2D eigenvalue weighted by Crippen LogP contribution is -2.39. The van der Waals surface area contributed by atoms with Crippen LogP contribution in [0.2, 0.25) is 0 Å². The third-order valence-corrected chi connectivity index (χ3v) is 4.25. The Kier molecular flexibility index (Phi) is 3.95. The molecule has 0 radical (unpaired) electrons. The van der Waals surface area contributed by atoms with Gasteiger partial charge in [-0.15, -0.1) is 0 Å². The topological polar surface area (TPSA) is 79.7 Å². The summed E-state index contributed by atoms with van der Waals surface area (Å²) in [7, 11) is 0. The SMILES string of the molecule is Cc1cc(C(=O)N2CCCC[C@@H]2c2ncn[nH]2)nn1C(C)(C)C. The van der Waals surface area contributed by atoms with Crippen LogP contribution in [0.25, 0.3) is 0 Å². The highest BCUT2D eigenvalue weighted by Gasteiger charge is 2.32. The van der Waals surface area contributed by atoms with Gasteiger partial charge in [0.1, 0.15) is 12.2 Å². The molecular weight excluding hydrogens is 292 g/mol. The second-order valence-electron chi connectivity index (χ2n) is 7.13. The minimum atomic E-state index is -0.144. The third-order valence-electron chi connectivity index (χ3n) is 4.25. The van der Waals surface area contributed by atoms with Crippen molar-refractivity contribution in [1.29, 1.82) is 0 Å². The molecule has 1 amide bonds. The lowest BCUT2D eigenvalue weighted by molar-refractivity contribution is 0.0592. The van der Waals surface area contributed by atoms with E-state index in [-0.39, 0.29) is 17.5 Å². The van der Waals surface area contributed by atoms with Gasteiger partial charge in [0.05, 0.1) is 11.6 Å². The molecule has 1 atom stereocenters. The Bertz CT molecular complexity index is 682. The zero-order valence-corrected chi connectivity index (χ0v) is 14.2. The van der Waals surface area contributed by atoms with Gasteiger partial charge in [-0.25, -0.2) is 4.98 Å².